The second-order valence-corrected chi connectivity index (χ2v) is 6.51. The van der Waals surface area contributed by atoms with Crippen LogP contribution in [0.5, 0.6) is 0 Å². The van der Waals surface area contributed by atoms with Gasteiger partial charge < -0.3 is 10.1 Å². The first-order chi connectivity index (χ1) is 12.1. The molecule has 25 heavy (non-hydrogen) atoms. The minimum atomic E-state index is -0.832. The van der Waals surface area contributed by atoms with E-state index < -0.39 is 12.1 Å². The Labute approximate surface area is 148 Å². The molecule has 3 rings (SSSR count). The van der Waals surface area contributed by atoms with E-state index in [1.807, 2.05) is 31.2 Å². The summed E-state index contributed by atoms with van der Waals surface area (Å²) in [7, 11) is 0. The summed E-state index contributed by atoms with van der Waals surface area (Å²) in [4.78, 5) is 24.8. The van der Waals surface area contributed by atoms with Crippen molar-refractivity contribution in [3.63, 3.8) is 0 Å². The molecular formula is C21H23NO3. The zero-order chi connectivity index (χ0) is 17.8. The van der Waals surface area contributed by atoms with Gasteiger partial charge in [-0.25, -0.2) is 4.79 Å². The number of carbonyl (C=O) groups is 2. The van der Waals surface area contributed by atoms with Crippen LogP contribution in [-0.4, -0.2) is 18.0 Å². The number of hydrogen-bond acceptors (Lipinski definition) is 3. The Morgan fingerprint density at radius 1 is 1.12 bits per heavy atom. The molecule has 0 radical (unpaired) electrons. The van der Waals surface area contributed by atoms with Crippen LogP contribution in [0.1, 0.15) is 52.9 Å². The topological polar surface area (TPSA) is 55.4 Å². The summed E-state index contributed by atoms with van der Waals surface area (Å²) in [5.41, 5.74) is 3.77. The van der Waals surface area contributed by atoms with Gasteiger partial charge in [-0.15, -0.1) is 0 Å². The fourth-order valence-corrected chi connectivity index (χ4v) is 3.27. The van der Waals surface area contributed by atoms with Gasteiger partial charge in [-0.3, -0.25) is 4.79 Å². The summed E-state index contributed by atoms with van der Waals surface area (Å²) in [5.74, 6) is -0.728. The molecule has 0 spiro atoms. The van der Waals surface area contributed by atoms with Gasteiger partial charge in [-0.2, -0.15) is 0 Å². The van der Waals surface area contributed by atoms with Crippen molar-refractivity contribution in [2.75, 3.05) is 0 Å². The smallest absolute Gasteiger partial charge is 0.339 e. The number of aryl methyl sites for hydroxylation is 2. The van der Waals surface area contributed by atoms with E-state index in [0.717, 1.165) is 24.8 Å². The predicted octanol–water partition coefficient (Wildman–Crippen LogP) is 3.73. The molecule has 4 heteroatoms. The molecule has 4 nitrogen and oxygen atoms in total. The molecule has 1 amide bonds. The third kappa shape index (κ3) is 3.90. The maximum Gasteiger partial charge on any atom is 0.339 e. The summed E-state index contributed by atoms with van der Waals surface area (Å²) in [6, 6.07) is 15.4. The molecule has 0 saturated carbocycles. The molecule has 0 bridgehead atoms. The quantitative estimate of drug-likeness (QED) is 0.865. The maximum atomic E-state index is 12.5. The third-order valence-electron chi connectivity index (χ3n) is 4.70. The lowest BCUT2D eigenvalue weighted by atomic mass is 9.87. The van der Waals surface area contributed by atoms with Crippen molar-refractivity contribution in [2.24, 2.45) is 0 Å². The van der Waals surface area contributed by atoms with Crippen LogP contribution in [-0.2, 0) is 16.0 Å². The molecule has 0 aliphatic heterocycles. The van der Waals surface area contributed by atoms with Gasteiger partial charge in [0.1, 0.15) is 0 Å². The largest absolute Gasteiger partial charge is 0.449 e. The number of hydrogen-bond donors (Lipinski definition) is 1. The van der Waals surface area contributed by atoms with Crippen LogP contribution in [0.4, 0.5) is 0 Å². The molecule has 0 heterocycles. The molecule has 1 aliphatic rings. The fourth-order valence-electron chi connectivity index (χ4n) is 3.27. The minimum absolute atomic E-state index is 0.0166. The molecule has 2 atom stereocenters. The number of nitrogens with one attached hydrogen (secondary N) is 1. The lowest BCUT2D eigenvalue weighted by molar-refractivity contribution is -0.130. The Morgan fingerprint density at radius 2 is 1.84 bits per heavy atom. The van der Waals surface area contributed by atoms with Crippen LogP contribution < -0.4 is 5.32 Å². The SMILES string of the molecule is Cc1ccccc1C(=O)O[C@H](C)C(=O)N[C@@H]1CCCc2ccccc21. The van der Waals surface area contributed by atoms with E-state index in [9.17, 15) is 9.59 Å². The van der Waals surface area contributed by atoms with Crippen LogP contribution in [0.25, 0.3) is 0 Å². The van der Waals surface area contributed by atoms with Crippen molar-refractivity contribution in [3.05, 3.63) is 70.8 Å². The Kier molecular flexibility index (Phi) is 5.17. The van der Waals surface area contributed by atoms with Gasteiger partial charge in [0, 0.05) is 0 Å². The van der Waals surface area contributed by atoms with E-state index in [4.69, 9.17) is 4.74 Å². The standard InChI is InChI=1S/C21H23NO3/c1-14-8-3-5-11-17(14)21(24)25-15(2)20(23)22-19-13-7-10-16-9-4-6-12-18(16)19/h3-6,8-9,11-12,15,19H,7,10,13H2,1-2H3,(H,22,23)/t15-,19-/m1/s1. The predicted molar refractivity (Wildman–Crippen MR) is 96.3 cm³/mol. The van der Waals surface area contributed by atoms with Crippen molar-refractivity contribution in [1.82, 2.24) is 5.32 Å². The molecule has 1 N–H and O–H groups in total. The van der Waals surface area contributed by atoms with Crippen LogP contribution in [0, 0.1) is 6.92 Å². The summed E-state index contributed by atoms with van der Waals surface area (Å²) < 4.78 is 5.36. The fraction of sp³-hybridized carbons (Fsp3) is 0.333. The van der Waals surface area contributed by atoms with Gasteiger partial charge in [-0.05, 0) is 55.9 Å². The van der Waals surface area contributed by atoms with Crippen molar-refractivity contribution >= 4 is 11.9 Å². The second-order valence-electron chi connectivity index (χ2n) is 6.51. The number of esters is 1. The van der Waals surface area contributed by atoms with Crippen molar-refractivity contribution in [3.8, 4) is 0 Å². The summed E-state index contributed by atoms with van der Waals surface area (Å²) >= 11 is 0. The highest BCUT2D eigenvalue weighted by molar-refractivity contribution is 5.93. The average molecular weight is 337 g/mol. The van der Waals surface area contributed by atoms with Crippen LogP contribution >= 0.6 is 0 Å². The zero-order valence-corrected chi connectivity index (χ0v) is 14.6. The van der Waals surface area contributed by atoms with E-state index in [2.05, 4.69) is 17.4 Å². The van der Waals surface area contributed by atoms with Gasteiger partial charge >= 0.3 is 5.97 Å². The van der Waals surface area contributed by atoms with Crippen molar-refractivity contribution in [1.29, 1.82) is 0 Å². The zero-order valence-electron chi connectivity index (χ0n) is 14.6. The van der Waals surface area contributed by atoms with E-state index in [-0.39, 0.29) is 11.9 Å². The first kappa shape index (κ1) is 17.2. The second kappa shape index (κ2) is 7.51. The lowest BCUT2D eigenvalue weighted by Crippen LogP contribution is -2.39. The van der Waals surface area contributed by atoms with Crippen LogP contribution in [0.2, 0.25) is 0 Å². The first-order valence-electron chi connectivity index (χ1n) is 8.71. The third-order valence-corrected chi connectivity index (χ3v) is 4.70. The molecular weight excluding hydrogens is 314 g/mol. The molecule has 2 aromatic rings. The van der Waals surface area contributed by atoms with Gasteiger partial charge in [0.2, 0.25) is 0 Å². The highest BCUT2D eigenvalue weighted by Gasteiger charge is 2.25. The average Bonchev–Trinajstić information content (AvgIpc) is 2.62. The summed E-state index contributed by atoms with van der Waals surface area (Å²) in [5, 5.41) is 3.03. The van der Waals surface area contributed by atoms with Gasteiger partial charge in [0.25, 0.3) is 5.91 Å². The molecule has 1 aliphatic carbocycles. The molecule has 0 aromatic heterocycles. The van der Waals surface area contributed by atoms with Gasteiger partial charge in [0.15, 0.2) is 6.10 Å². The Morgan fingerprint density at radius 3 is 2.64 bits per heavy atom. The van der Waals surface area contributed by atoms with Gasteiger partial charge in [0.05, 0.1) is 11.6 Å². The number of carbonyl (C=O) groups excluding carboxylic acids is 2. The molecule has 0 unspecified atom stereocenters. The Bertz CT molecular complexity index is 784. The molecule has 2 aromatic carbocycles. The highest BCUT2D eigenvalue weighted by Crippen LogP contribution is 2.29. The monoisotopic (exact) mass is 337 g/mol. The number of benzene rings is 2. The van der Waals surface area contributed by atoms with Crippen molar-refractivity contribution in [2.45, 2.75) is 45.3 Å². The summed E-state index contributed by atoms with van der Waals surface area (Å²) in [6.45, 7) is 3.46. The summed E-state index contributed by atoms with van der Waals surface area (Å²) in [6.07, 6.45) is 2.15. The molecule has 130 valence electrons. The lowest BCUT2D eigenvalue weighted by Gasteiger charge is -2.27. The number of fused-ring (bicyclic) bond motifs is 1. The highest BCUT2D eigenvalue weighted by atomic mass is 16.5. The molecule has 0 saturated heterocycles. The number of rotatable bonds is 4. The Hall–Kier alpha value is -2.62. The molecule has 0 fully saturated rings. The van der Waals surface area contributed by atoms with Crippen molar-refractivity contribution < 1.29 is 14.3 Å². The van der Waals surface area contributed by atoms with E-state index in [0.29, 0.717) is 5.56 Å². The first-order valence-corrected chi connectivity index (χ1v) is 8.71. The van der Waals surface area contributed by atoms with E-state index in [1.165, 1.54) is 11.1 Å². The maximum absolute atomic E-state index is 12.5. The van der Waals surface area contributed by atoms with Gasteiger partial charge in [-0.1, -0.05) is 42.5 Å². The van der Waals surface area contributed by atoms with E-state index >= 15 is 0 Å². The van der Waals surface area contributed by atoms with E-state index in [1.54, 1.807) is 19.1 Å². The number of ether oxygens (including phenoxy) is 1. The minimum Gasteiger partial charge on any atom is -0.449 e. The number of amides is 1. The van der Waals surface area contributed by atoms with Crippen LogP contribution in [0.3, 0.4) is 0 Å². The normalized spacial score (nSPS) is 17.3. The van der Waals surface area contributed by atoms with Crippen LogP contribution in [0.15, 0.2) is 48.5 Å². The Balaban J connectivity index is 1.64.